The number of carbonyl (C=O) groups excluding carboxylic acids is 1. The Morgan fingerprint density at radius 2 is 2.14 bits per heavy atom. The van der Waals surface area contributed by atoms with E-state index in [0.29, 0.717) is 0 Å². The number of methoxy groups -OCH3 is 1. The molecule has 1 aliphatic heterocycles. The molecule has 0 fully saturated rings. The summed E-state index contributed by atoms with van der Waals surface area (Å²) in [6, 6.07) is 0. The van der Waals surface area contributed by atoms with Gasteiger partial charge in [-0.05, 0) is 0 Å². The van der Waals surface area contributed by atoms with Gasteiger partial charge in [-0.1, -0.05) is 0 Å². The van der Waals surface area contributed by atoms with Crippen LogP contribution in [0.1, 0.15) is 19.8 Å². The number of carbonyl (C=O) groups is 1. The summed E-state index contributed by atoms with van der Waals surface area (Å²) in [4.78, 5) is 10.8. The summed E-state index contributed by atoms with van der Waals surface area (Å²) in [6.45, 7) is 1.69. The molecule has 1 heterocycles. The van der Waals surface area contributed by atoms with E-state index in [9.17, 15) is 9.90 Å². The molecular weight excluding hydrogens is 188 g/mol. The van der Waals surface area contributed by atoms with Crippen LogP contribution in [0.5, 0.6) is 0 Å². The molecule has 14 heavy (non-hydrogen) atoms. The minimum Gasteiger partial charge on any atom is -0.469 e. The van der Waals surface area contributed by atoms with E-state index >= 15 is 0 Å². The van der Waals surface area contributed by atoms with Crippen LogP contribution >= 0.6 is 0 Å². The first-order valence-corrected chi connectivity index (χ1v) is 4.31. The van der Waals surface area contributed by atoms with E-state index in [0.717, 1.165) is 0 Å². The minimum absolute atomic E-state index is 0.0567. The summed E-state index contributed by atoms with van der Waals surface area (Å²) in [6.07, 6.45) is 2.15. The maximum absolute atomic E-state index is 10.8. The van der Waals surface area contributed by atoms with Crippen molar-refractivity contribution in [2.45, 2.75) is 31.7 Å². The Morgan fingerprint density at radius 3 is 2.64 bits per heavy atom. The lowest BCUT2D eigenvalue weighted by Gasteiger charge is -2.25. The molecule has 1 rings (SSSR count). The van der Waals surface area contributed by atoms with E-state index in [4.69, 9.17) is 9.47 Å². The van der Waals surface area contributed by atoms with Gasteiger partial charge in [0.05, 0.1) is 26.1 Å². The molecule has 0 aromatic carbocycles. The molecule has 1 N–H and O–H groups in total. The van der Waals surface area contributed by atoms with E-state index in [1.165, 1.54) is 19.6 Å². The van der Waals surface area contributed by atoms with Crippen molar-refractivity contribution in [1.82, 2.24) is 0 Å². The van der Waals surface area contributed by atoms with E-state index < -0.39 is 17.9 Å². The fraction of sp³-hybridized carbons (Fsp3) is 0.667. The fourth-order valence-electron chi connectivity index (χ4n) is 1.24. The van der Waals surface area contributed by atoms with Gasteiger partial charge in [-0.25, -0.2) is 0 Å². The van der Waals surface area contributed by atoms with Gasteiger partial charge in [0.2, 0.25) is 5.79 Å². The maximum Gasteiger partial charge on any atom is 0.308 e. The highest BCUT2D eigenvalue weighted by Gasteiger charge is 2.33. The number of hydrogen-bond donors (Lipinski definition) is 1. The Kier molecular flexibility index (Phi) is 3.35. The van der Waals surface area contributed by atoms with Crippen LogP contribution in [0.25, 0.3) is 0 Å². The average Bonchev–Trinajstić information content (AvgIpc) is 2.51. The van der Waals surface area contributed by atoms with Gasteiger partial charge in [0.1, 0.15) is 12.5 Å². The third-order valence-electron chi connectivity index (χ3n) is 1.93. The fourth-order valence-corrected chi connectivity index (χ4v) is 1.24. The monoisotopic (exact) mass is 202 g/mol. The van der Waals surface area contributed by atoms with E-state index in [-0.39, 0.29) is 12.8 Å². The molecule has 0 radical (unpaired) electrons. The first-order chi connectivity index (χ1) is 6.56. The molecule has 0 aromatic rings. The summed E-state index contributed by atoms with van der Waals surface area (Å²) >= 11 is 0. The SMILES string of the molecule is COC(=O)C[C@H](O)CC1(C)OC=CO1. The molecule has 0 spiro atoms. The highest BCUT2D eigenvalue weighted by molar-refractivity contribution is 5.69. The Hall–Kier alpha value is -1.23. The van der Waals surface area contributed by atoms with Crippen molar-refractivity contribution < 1.29 is 24.1 Å². The predicted octanol–water partition coefficient (Wildman–Crippen LogP) is 0.535. The second-order valence-corrected chi connectivity index (χ2v) is 3.28. The van der Waals surface area contributed by atoms with E-state index in [2.05, 4.69) is 4.74 Å². The van der Waals surface area contributed by atoms with Crippen molar-refractivity contribution in [3.63, 3.8) is 0 Å². The van der Waals surface area contributed by atoms with Crippen molar-refractivity contribution in [2.24, 2.45) is 0 Å². The van der Waals surface area contributed by atoms with E-state index in [1.54, 1.807) is 6.92 Å². The molecule has 1 atom stereocenters. The highest BCUT2D eigenvalue weighted by Crippen LogP contribution is 2.25. The van der Waals surface area contributed by atoms with Gasteiger partial charge in [0.25, 0.3) is 0 Å². The van der Waals surface area contributed by atoms with Gasteiger partial charge in [0, 0.05) is 6.92 Å². The number of esters is 1. The van der Waals surface area contributed by atoms with Gasteiger partial charge in [-0.2, -0.15) is 0 Å². The Morgan fingerprint density at radius 1 is 1.57 bits per heavy atom. The number of aliphatic hydroxyl groups is 1. The largest absolute Gasteiger partial charge is 0.469 e. The molecule has 80 valence electrons. The van der Waals surface area contributed by atoms with Crippen LogP contribution in [-0.2, 0) is 19.0 Å². The molecule has 0 saturated carbocycles. The molecule has 5 nitrogen and oxygen atoms in total. The molecule has 0 amide bonds. The van der Waals surface area contributed by atoms with Crippen LogP contribution < -0.4 is 0 Å². The van der Waals surface area contributed by atoms with Gasteiger partial charge >= 0.3 is 5.97 Å². The van der Waals surface area contributed by atoms with Crippen LogP contribution in [0.4, 0.5) is 0 Å². The first kappa shape index (κ1) is 10.8. The number of hydrogen-bond acceptors (Lipinski definition) is 5. The lowest BCUT2D eigenvalue weighted by molar-refractivity contribution is -0.156. The van der Waals surface area contributed by atoms with Crippen molar-refractivity contribution >= 4 is 5.97 Å². The summed E-state index contributed by atoms with van der Waals surface area (Å²) in [7, 11) is 1.28. The van der Waals surface area contributed by atoms with Gasteiger partial charge in [-0.15, -0.1) is 0 Å². The quantitative estimate of drug-likeness (QED) is 0.674. The highest BCUT2D eigenvalue weighted by atomic mass is 16.7. The number of aliphatic hydroxyl groups excluding tert-OH is 1. The third-order valence-corrected chi connectivity index (χ3v) is 1.93. The topological polar surface area (TPSA) is 65.0 Å². The zero-order valence-corrected chi connectivity index (χ0v) is 8.23. The zero-order valence-electron chi connectivity index (χ0n) is 8.23. The Labute approximate surface area is 82.3 Å². The lowest BCUT2D eigenvalue weighted by atomic mass is 10.1. The molecular formula is C9H14O5. The Balaban J connectivity index is 2.33. The number of rotatable bonds is 4. The standard InChI is InChI=1S/C9H14O5/c1-9(13-3-4-14-9)6-7(10)5-8(11)12-2/h3-4,7,10H,5-6H2,1-2H3/t7-/m0/s1. The predicted molar refractivity (Wildman–Crippen MR) is 47.0 cm³/mol. The maximum atomic E-state index is 10.8. The van der Waals surface area contributed by atoms with Crippen molar-refractivity contribution in [2.75, 3.05) is 7.11 Å². The molecule has 0 aliphatic carbocycles. The number of ether oxygens (including phenoxy) is 3. The second kappa shape index (κ2) is 4.32. The summed E-state index contributed by atoms with van der Waals surface area (Å²) in [5, 5.41) is 9.49. The Bertz CT molecular complexity index is 227. The average molecular weight is 202 g/mol. The van der Waals surface area contributed by atoms with Crippen LogP contribution in [0.3, 0.4) is 0 Å². The molecule has 1 aliphatic rings. The third kappa shape index (κ3) is 2.92. The zero-order chi connectivity index (χ0) is 10.6. The molecule has 5 heteroatoms. The van der Waals surface area contributed by atoms with Gasteiger partial charge in [-0.3, -0.25) is 4.79 Å². The molecule has 0 bridgehead atoms. The van der Waals surface area contributed by atoms with Crippen molar-refractivity contribution in [3.8, 4) is 0 Å². The lowest BCUT2D eigenvalue weighted by Crippen LogP contribution is -2.32. The second-order valence-electron chi connectivity index (χ2n) is 3.28. The first-order valence-electron chi connectivity index (χ1n) is 4.31. The smallest absolute Gasteiger partial charge is 0.308 e. The van der Waals surface area contributed by atoms with Crippen LogP contribution in [0.2, 0.25) is 0 Å². The molecule has 0 saturated heterocycles. The summed E-state index contributed by atoms with van der Waals surface area (Å²) in [5.41, 5.74) is 0. The van der Waals surface area contributed by atoms with Crippen molar-refractivity contribution in [3.05, 3.63) is 12.5 Å². The summed E-state index contributed by atoms with van der Waals surface area (Å²) < 4.78 is 14.6. The molecule has 0 aromatic heterocycles. The molecule has 0 unspecified atom stereocenters. The summed E-state index contributed by atoms with van der Waals surface area (Å²) in [5.74, 6) is -1.32. The van der Waals surface area contributed by atoms with Gasteiger partial charge in [0.15, 0.2) is 0 Å². The van der Waals surface area contributed by atoms with Crippen molar-refractivity contribution in [1.29, 1.82) is 0 Å². The van der Waals surface area contributed by atoms with Gasteiger partial charge < -0.3 is 19.3 Å². The minimum atomic E-state index is -0.868. The normalized spacial score (nSPS) is 19.6. The van der Waals surface area contributed by atoms with E-state index in [1.807, 2.05) is 0 Å². The van der Waals surface area contributed by atoms with Crippen LogP contribution in [-0.4, -0.2) is 30.1 Å². The van der Waals surface area contributed by atoms with Crippen LogP contribution in [0.15, 0.2) is 12.5 Å². The van der Waals surface area contributed by atoms with Crippen LogP contribution in [0, 0.1) is 0 Å².